The van der Waals surface area contributed by atoms with Crippen molar-refractivity contribution in [2.75, 3.05) is 26.2 Å². The summed E-state index contributed by atoms with van der Waals surface area (Å²) in [6, 6.07) is 8.71. The first-order valence-corrected chi connectivity index (χ1v) is 7.88. The van der Waals surface area contributed by atoms with E-state index in [-0.39, 0.29) is 0 Å². The fourth-order valence-electron chi connectivity index (χ4n) is 2.75. The maximum absolute atomic E-state index is 6.11. The lowest BCUT2D eigenvalue weighted by Crippen LogP contribution is -2.28. The molecule has 19 heavy (non-hydrogen) atoms. The highest BCUT2D eigenvalue weighted by Gasteiger charge is 2.15. The van der Waals surface area contributed by atoms with Gasteiger partial charge >= 0.3 is 0 Å². The van der Waals surface area contributed by atoms with Crippen LogP contribution in [0.2, 0.25) is 5.02 Å². The predicted molar refractivity (Wildman–Crippen MR) is 82.8 cm³/mol. The number of hydrogen-bond donors (Lipinski definition) is 1. The van der Waals surface area contributed by atoms with Crippen molar-refractivity contribution in [3.05, 3.63) is 34.9 Å². The molecule has 0 radical (unpaired) electrons. The van der Waals surface area contributed by atoms with Gasteiger partial charge in [0.15, 0.2) is 0 Å². The topological polar surface area (TPSA) is 15.3 Å². The molecule has 2 rings (SSSR count). The van der Waals surface area contributed by atoms with Crippen molar-refractivity contribution >= 4 is 11.6 Å². The standard InChI is InChI=1S/C16H25ClN2/c1-2-9-18-16(8-12-19-10-3-4-11-19)14-6-5-7-15(17)13-14/h5-7,13,16,18H,2-4,8-12H2,1H3. The molecule has 3 heteroatoms. The molecule has 1 atom stereocenters. The minimum absolute atomic E-state index is 0.430. The summed E-state index contributed by atoms with van der Waals surface area (Å²) in [5, 5.41) is 4.49. The Morgan fingerprint density at radius 3 is 2.79 bits per heavy atom. The molecule has 0 amide bonds. The average Bonchev–Trinajstić information content (AvgIpc) is 2.92. The molecule has 0 aliphatic carbocycles. The molecular formula is C16H25ClN2. The van der Waals surface area contributed by atoms with Gasteiger partial charge in [0.2, 0.25) is 0 Å². The van der Waals surface area contributed by atoms with E-state index in [1.165, 1.54) is 50.9 Å². The maximum Gasteiger partial charge on any atom is 0.0409 e. The molecule has 1 aliphatic heterocycles. The van der Waals surface area contributed by atoms with Gasteiger partial charge in [-0.15, -0.1) is 0 Å². The Balaban J connectivity index is 1.94. The van der Waals surface area contributed by atoms with Crippen molar-refractivity contribution in [3.8, 4) is 0 Å². The summed E-state index contributed by atoms with van der Waals surface area (Å²) < 4.78 is 0. The lowest BCUT2D eigenvalue weighted by molar-refractivity contribution is 0.310. The van der Waals surface area contributed by atoms with Gasteiger partial charge in [0.25, 0.3) is 0 Å². The van der Waals surface area contributed by atoms with Crippen LogP contribution >= 0.6 is 11.6 Å². The van der Waals surface area contributed by atoms with Gasteiger partial charge in [-0.2, -0.15) is 0 Å². The summed E-state index contributed by atoms with van der Waals surface area (Å²) in [4.78, 5) is 2.57. The Hall–Kier alpha value is -0.570. The molecule has 1 fully saturated rings. The molecular weight excluding hydrogens is 256 g/mol. The van der Waals surface area contributed by atoms with Crippen molar-refractivity contribution in [2.24, 2.45) is 0 Å². The molecule has 2 nitrogen and oxygen atoms in total. The summed E-state index contributed by atoms with van der Waals surface area (Å²) in [7, 11) is 0. The number of likely N-dealkylation sites (tertiary alicyclic amines) is 1. The summed E-state index contributed by atoms with van der Waals surface area (Å²) in [6.45, 7) is 7.01. The van der Waals surface area contributed by atoms with E-state index in [9.17, 15) is 0 Å². The van der Waals surface area contributed by atoms with E-state index in [0.29, 0.717) is 6.04 Å². The Labute approximate surface area is 122 Å². The Kier molecular flexibility index (Phi) is 6.15. The fraction of sp³-hybridized carbons (Fsp3) is 0.625. The van der Waals surface area contributed by atoms with Crippen LogP contribution in [0.25, 0.3) is 0 Å². The lowest BCUT2D eigenvalue weighted by Gasteiger charge is -2.22. The second-order valence-electron chi connectivity index (χ2n) is 5.40. The van der Waals surface area contributed by atoms with Crippen LogP contribution in [-0.2, 0) is 0 Å². The fourth-order valence-corrected chi connectivity index (χ4v) is 2.95. The van der Waals surface area contributed by atoms with Gasteiger partial charge in [-0.05, 0) is 69.6 Å². The number of nitrogens with one attached hydrogen (secondary N) is 1. The molecule has 0 bridgehead atoms. The largest absolute Gasteiger partial charge is 0.310 e. The van der Waals surface area contributed by atoms with Crippen molar-refractivity contribution in [3.63, 3.8) is 0 Å². The number of halogens is 1. The molecule has 106 valence electrons. The van der Waals surface area contributed by atoms with E-state index in [4.69, 9.17) is 11.6 Å². The SMILES string of the molecule is CCCNC(CCN1CCCC1)c1cccc(Cl)c1. The van der Waals surface area contributed by atoms with Crippen molar-refractivity contribution in [1.82, 2.24) is 10.2 Å². The van der Waals surface area contributed by atoms with Crippen LogP contribution in [0.15, 0.2) is 24.3 Å². The number of benzene rings is 1. The van der Waals surface area contributed by atoms with E-state index < -0.39 is 0 Å². The van der Waals surface area contributed by atoms with E-state index in [0.717, 1.165) is 11.6 Å². The molecule has 0 spiro atoms. The number of hydrogen-bond acceptors (Lipinski definition) is 2. The van der Waals surface area contributed by atoms with Gasteiger partial charge in [0.1, 0.15) is 0 Å². The third-order valence-corrected chi connectivity index (χ3v) is 4.06. The molecule has 0 aromatic heterocycles. The first kappa shape index (κ1) is 14.8. The number of rotatable bonds is 7. The Morgan fingerprint density at radius 2 is 2.11 bits per heavy atom. The normalized spacial score (nSPS) is 17.8. The van der Waals surface area contributed by atoms with Gasteiger partial charge in [0.05, 0.1) is 0 Å². The highest BCUT2D eigenvalue weighted by molar-refractivity contribution is 6.30. The van der Waals surface area contributed by atoms with Crippen molar-refractivity contribution < 1.29 is 0 Å². The van der Waals surface area contributed by atoms with Crippen molar-refractivity contribution in [1.29, 1.82) is 0 Å². The second-order valence-corrected chi connectivity index (χ2v) is 5.84. The predicted octanol–water partition coefficient (Wildman–Crippen LogP) is 3.87. The second kappa shape index (κ2) is 7.88. The van der Waals surface area contributed by atoms with E-state index >= 15 is 0 Å². The highest BCUT2D eigenvalue weighted by Crippen LogP contribution is 2.21. The van der Waals surface area contributed by atoms with Gasteiger partial charge < -0.3 is 10.2 Å². The first-order chi connectivity index (χ1) is 9.29. The summed E-state index contributed by atoms with van der Waals surface area (Å²) in [6.07, 6.45) is 5.07. The molecule has 1 unspecified atom stereocenters. The minimum Gasteiger partial charge on any atom is -0.310 e. The first-order valence-electron chi connectivity index (χ1n) is 7.51. The Morgan fingerprint density at radius 1 is 1.32 bits per heavy atom. The number of nitrogens with zero attached hydrogens (tertiary/aromatic N) is 1. The van der Waals surface area contributed by atoms with Crippen LogP contribution in [0.1, 0.15) is 44.2 Å². The summed E-state index contributed by atoms with van der Waals surface area (Å²) in [5.74, 6) is 0. The summed E-state index contributed by atoms with van der Waals surface area (Å²) in [5.41, 5.74) is 1.32. The summed E-state index contributed by atoms with van der Waals surface area (Å²) >= 11 is 6.11. The zero-order chi connectivity index (χ0) is 13.5. The molecule has 1 heterocycles. The third kappa shape index (κ3) is 4.79. The molecule has 1 aliphatic rings. The van der Waals surface area contributed by atoms with E-state index in [1.54, 1.807) is 0 Å². The quantitative estimate of drug-likeness (QED) is 0.816. The molecule has 1 aromatic rings. The van der Waals surface area contributed by atoms with Crippen LogP contribution in [0.5, 0.6) is 0 Å². The van der Waals surface area contributed by atoms with E-state index in [1.807, 2.05) is 12.1 Å². The van der Waals surface area contributed by atoms with E-state index in [2.05, 4.69) is 29.3 Å². The van der Waals surface area contributed by atoms with Gasteiger partial charge in [-0.25, -0.2) is 0 Å². The van der Waals surface area contributed by atoms with Crippen LogP contribution < -0.4 is 5.32 Å². The highest BCUT2D eigenvalue weighted by atomic mass is 35.5. The van der Waals surface area contributed by atoms with Crippen LogP contribution in [0.4, 0.5) is 0 Å². The smallest absolute Gasteiger partial charge is 0.0409 e. The van der Waals surface area contributed by atoms with Crippen LogP contribution in [-0.4, -0.2) is 31.1 Å². The maximum atomic E-state index is 6.11. The molecule has 1 aromatic carbocycles. The monoisotopic (exact) mass is 280 g/mol. The third-order valence-electron chi connectivity index (χ3n) is 3.82. The molecule has 0 saturated carbocycles. The van der Waals surface area contributed by atoms with Gasteiger partial charge in [0, 0.05) is 11.1 Å². The zero-order valence-corrected chi connectivity index (χ0v) is 12.6. The van der Waals surface area contributed by atoms with Crippen molar-refractivity contribution in [2.45, 2.75) is 38.6 Å². The molecule has 1 N–H and O–H groups in total. The van der Waals surface area contributed by atoms with Gasteiger partial charge in [-0.1, -0.05) is 30.7 Å². The lowest BCUT2D eigenvalue weighted by atomic mass is 10.0. The zero-order valence-electron chi connectivity index (χ0n) is 11.9. The average molecular weight is 281 g/mol. The van der Waals surface area contributed by atoms with Crippen LogP contribution in [0, 0.1) is 0 Å². The Bertz CT molecular complexity index is 375. The minimum atomic E-state index is 0.430. The molecule has 1 saturated heterocycles. The van der Waals surface area contributed by atoms with Gasteiger partial charge in [-0.3, -0.25) is 0 Å². The van der Waals surface area contributed by atoms with Crippen LogP contribution in [0.3, 0.4) is 0 Å².